The van der Waals surface area contributed by atoms with Gasteiger partial charge in [0.1, 0.15) is 10.7 Å². The molecule has 2 N–H and O–H groups in total. The lowest BCUT2D eigenvalue weighted by Crippen LogP contribution is -2.11. The van der Waals surface area contributed by atoms with Gasteiger partial charge in [0.25, 0.3) is 5.56 Å². The molecule has 0 saturated carbocycles. The standard InChI is InChI=1S/C19H16ClN5OS3/c1-9-5-6-10(7-12(9)20)21-18-24-25-19(29-18)27-8-14-22-16(26)15-11-3-2-4-13(11)28-17(15)23-14/h5-7H,2-4,8H2,1H3,(H,21,24)(H,22,23,26). The van der Waals surface area contributed by atoms with E-state index < -0.39 is 0 Å². The van der Waals surface area contributed by atoms with Crippen molar-refractivity contribution in [3.05, 3.63) is 55.4 Å². The number of aryl methyl sites for hydroxylation is 3. The van der Waals surface area contributed by atoms with Crippen LogP contribution in [0.2, 0.25) is 5.02 Å². The molecule has 1 aliphatic carbocycles. The average Bonchev–Trinajstić information content (AvgIpc) is 3.39. The molecule has 0 saturated heterocycles. The van der Waals surface area contributed by atoms with Gasteiger partial charge in [0.2, 0.25) is 5.13 Å². The van der Waals surface area contributed by atoms with Gasteiger partial charge in [-0.25, -0.2) is 4.98 Å². The first-order valence-electron chi connectivity index (χ1n) is 9.10. The van der Waals surface area contributed by atoms with E-state index in [1.165, 1.54) is 33.5 Å². The Morgan fingerprint density at radius 3 is 3.03 bits per heavy atom. The summed E-state index contributed by atoms with van der Waals surface area (Å²) in [6, 6.07) is 5.78. The van der Waals surface area contributed by atoms with Crippen LogP contribution in [0.1, 0.15) is 28.2 Å². The second-order valence-corrected chi connectivity index (χ2v) is 10.5. The zero-order valence-corrected chi connectivity index (χ0v) is 18.6. The predicted molar refractivity (Wildman–Crippen MR) is 121 cm³/mol. The van der Waals surface area contributed by atoms with Crippen LogP contribution in [0.4, 0.5) is 10.8 Å². The average molecular weight is 462 g/mol. The number of nitrogens with zero attached hydrogens (tertiary/aromatic N) is 3. The van der Waals surface area contributed by atoms with E-state index in [0.29, 0.717) is 21.7 Å². The maximum atomic E-state index is 12.5. The van der Waals surface area contributed by atoms with Crippen molar-refractivity contribution in [2.24, 2.45) is 0 Å². The van der Waals surface area contributed by atoms with Gasteiger partial charge in [0.05, 0.1) is 11.1 Å². The summed E-state index contributed by atoms with van der Waals surface area (Å²) in [5, 5.41) is 13.8. The van der Waals surface area contributed by atoms with Crippen LogP contribution >= 0.6 is 46.0 Å². The molecular weight excluding hydrogens is 446 g/mol. The number of rotatable bonds is 5. The molecule has 0 atom stereocenters. The number of hydrogen-bond acceptors (Lipinski definition) is 8. The van der Waals surface area contributed by atoms with Crippen molar-refractivity contribution in [3.8, 4) is 0 Å². The summed E-state index contributed by atoms with van der Waals surface area (Å²) in [5.41, 5.74) is 3.07. The zero-order chi connectivity index (χ0) is 20.0. The van der Waals surface area contributed by atoms with Gasteiger partial charge in [-0.2, -0.15) is 0 Å². The van der Waals surface area contributed by atoms with Crippen molar-refractivity contribution in [2.75, 3.05) is 5.32 Å². The fourth-order valence-corrected chi connectivity index (χ4v) is 6.46. The minimum Gasteiger partial charge on any atom is -0.330 e. The Balaban J connectivity index is 1.29. The van der Waals surface area contributed by atoms with Crippen molar-refractivity contribution in [2.45, 2.75) is 36.3 Å². The Bertz CT molecular complexity index is 1280. The molecule has 0 radical (unpaired) electrons. The normalized spacial score (nSPS) is 13.2. The van der Waals surface area contributed by atoms with Crippen LogP contribution in [0.3, 0.4) is 0 Å². The van der Waals surface area contributed by atoms with E-state index in [2.05, 4.69) is 25.5 Å². The van der Waals surface area contributed by atoms with Crippen molar-refractivity contribution in [3.63, 3.8) is 0 Å². The Morgan fingerprint density at radius 1 is 1.28 bits per heavy atom. The van der Waals surface area contributed by atoms with E-state index in [1.807, 2.05) is 25.1 Å². The van der Waals surface area contributed by atoms with Crippen LogP contribution in [0.15, 0.2) is 27.3 Å². The summed E-state index contributed by atoms with van der Waals surface area (Å²) < 4.78 is 0.808. The quantitative estimate of drug-likeness (QED) is 0.391. The summed E-state index contributed by atoms with van der Waals surface area (Å²) in [4.78, 5) is 22.3. The van der Waals surface area contributed by atoms with Gasteiger partial charge in [-0.05, 0) is 49.4 Å². The maximum Gasteiger partial charge on any atom is 0.259 e. The Hall–Kier alpha value is -1.94. The van der Waals surface area contributed by atoms with Gasteiger partial charge >= 0.3 is 0 Å². The molecule has 0 aliphatic heterocycles. The fraction of sp³-hybridized carbons (Fsp3) is 0.263. The minimum atomic E-state index is -0.0270. The maximum absolute atomic E-state index is 12.5. The third-order valence-corrected chi connectivity index (χ3v) is 8.36. The fourth-order valence-electron chi connectivity index (χ4n) is 3.36. The largest absolute Gasteiger partial charge is 0.330 e. The first-order valence-corrected chi connectivity index (χ1v) is 12.1. The topological polar surface area (TPSA) is 83.6 Å². The predicted octanol–water partition coefficient (Wildman–Crippen LogP) is 5.32. The van der Waals surface area contributed by atoms with E-state index in [1.54, 1.807) is 11.3 Å². The first kappa shape index (κ1) is 19.0. The molecule has 0 unspecified atom stereocenters. The van der Waals surface area contributed by atoms with E-state index >= 15 is 0 Å². The Kier molecular flexibility index (Phi) is 5.07. The van der Waals surface area contributed by atoms with Crippen molar-refractivity contribution < 1.29 is 0 Å². The second-order valence-electron chi connectivity index (χ2n) is 6.80. The van der Waals surface area contributed by atoms with Gasteiger partial charge in [-0.3, -0.25) is 4.79 Å². The molecule has 0 bridgehead atoms. The number of hydrogen-bond donors (Lipinski definition) is 2. The highest BCUT2D eigenvalue weighted by Crippen LogP contribution is 2.35. The number of thioether (sulfide) groups is 1. The number of halogens is 1. The summed E-state index contributed by atoms with van der Waals surface area (Å²) in [6.07, 6.45) is 3.18. The third-order valence-electron chi connectivity index (χ3n) is 4.79. The molecule has 148 valence electrons. The van der Waals surface area contributed by atoms with Gasteiger partial charge in [0, 0.05) is 15.6 Å². The van der Waals surface area contributed by atoms with Crippen LogP contribution in [0.25, 0.3) is 10.2 Å². The molecular formula is C19H16ClN5OS3. The van der Waals surface area contributed by atoms with Gasteiger partial charge in [0.15, 0.2) is 4.34 Å². The zero-order valence-electron chi connectivity index (χ0n) is 15.4. The Morgan fingerprint density at radius 2 is 2.17 bits per heavy atom. The summed E-state index contributed by atoms with van der Waals surface area (Å²) >= 11 is 10.8. The lowest BCUT2D eigenvalue weighted by molar-refractivity contribution is 0.916. The van der Waals surface area contributed by atoms with Crippen LogP contribution in [-0.4, -0.2) is 20.2 Å². The number of benzene rings is 1. The molecule has 6 nitrogen and oxygen atoms in total. The number of aromatic nitrogens is 4. The van der Waals surface area contributed by atoms with Crippen LogP contribution < -0.4 is 10.9 Å². The number of thiophene rings is 1. The number of aromatic amines is 1. The summed E-state index contributed by atoms with van der Waals surface area (Å²) in [6.45, 7) is 1.96. The minimum absolute atomic E-state index is 0.0270. The Labute approximate surface area is 183 Å². The molecule has 3 heterocycles. The van der Waals surface area contributed by atoms with Gasteiger partial charge in [-0.15, -0.1) is 21.5 Å². The number of H-pyrrole nitrogens is 1. The number of fused-ring (bicyclic) bond motifs is 3. The van der Waals surface area contributed by atoms with Crippen LogP contribution in [0.5, 0.6) is 0 Å². The molecule has 29 heavy (non-hydrogen) atoms. The molecule has 10 heteroatoms. The first-order chi connectivity index (χ1) is 14.1. The summed E-state index contributed by atoms with van der Waals surface area (Å²) in [5.74, 6) is 1.21. The highest BCUT2D eigenvalue weighted by Gasteiger charge is 2.21. The number of nitrogens with one attached hydrogen (secondary N) is 2. The molecule has 0 fully saturated rings. The molecule has 1 aliphatic rings. The van der Waals surface area contributed by atoms with E-state index in [9.17, 15) is 4.79 Å². The molecule has 4 aromatic rings. The molecule has 0 spiro atoms. The molecule has 3 aromatic heterocycles. The van der Waals surface area contributed by atoms with E-state index in [0.717, 1.165) is 45.1 Å². The molecule has 0 amide bonds. The lowest BCUT2D eigenvalue weighted by atomic mass is 10.2. The molecule has 1 aromatic carbocycles. The number of anilines is 2. The third kappa shape index (κ3) is 3.79. The lowest BCUT2D eigenvalue weighted by Gasteiger charge is -2.03. The van der Waals surface area contributed by atoms with Crippen molar-refractivity contribution in [1.29, 1.82) is 0 Å². The second kappa shape index (κ2) is 7.71. The van der Waals surface area contributed by atoms with Crippen LogP contribution in [-0.2, 0) is 18.6 Å². The van der Waals surface area contributed by atoms with E-state index in [4.69, 9.17) is 11.6 Å². The van der Waals surface area contributed by atoms with Crippen molar-refractivity contribution in [1.82, 2.24) is 20.2 Å². The smallest absolute Gasteiger partial charge is 0.259 e. The highest BCUT2D eigenvalue weighted by molar-refractivity contribution is 8.00. The SMILES string of the molecule is Cc1ccc(Nc2nnc(SCc3nc4sc5c(c4c(=O)[nH]3)CCC5)s2)cc1Cl. The van der Waals surface area contributed by atoms with Gasteiger partial charge < -0.3 is 10.3 Å². The monoisotopic (exact) mass is 461 g/mol. The van der Waals surface area contributed by atoms with E-state index in [-0.39, 0.29) is 5.56 Å². The molecule has 5 rings (SSSR count). The van der Waals surface area contributed by atoms with Crippen molar-refractivity contribution >= 4 is 67.1 Å². The summed E-state index contributed by atoms with van der Waals surface area (Å²) in [7, 11) is 0. The highest BCUT2D eigenvalue weighted by atomic mass is 35.5. The van der Waals surface area contributed by atoms with Gasteiger partial charge in [-0.1, -0.05) is 40.8 Å². The van der Waals surface area contributed by atoms with Crippen LogP contribution in [0, 0.1) is 6.92 Å².